The Kier molecular flexibility index (Phi) is 5.25. The van der Waals surface area contributed by atoms with E-state index in [1.807, 2.05) is 6.26 Å². The fourth-order valence-electron chi connectivity index (χ4n) is 2.03. The first-order valence-electron chi connectivity index (χ1n) is 6.49. The number of nitrogens with one attached hydrogen (secondary N) is 1. The second-order valence-corrected chi connectivity index (χ2v) is 5.98. The molecule has 0 aliphatic carbocycles. The molecule has 8 heteroatoms. The second kappa shape index (κ2) is 6.97. The van der Waals surface area contributed by atoms with Crippen molar-refractivity contribution in [2.75, 3.05) is 29.3 Å². The molecule has 1 aliphatic rings. The molecule has 118 valence electrons. The van der Waals surface area contributed by atoms with E-state index < -0.39 is 6.09 Å². The highest BCUT2D eigenvalue weighted by atomic mass is 32.2. The third-order valence-electron chi connectivity index (χ3n) is 2.94. The average Bonchev–Trinajstić information content (AvgIpc) is 2.46. The largest absolute Gasteiger partial charge is 0.481 e. The van der Waals surface area contributed by atoms with Crippen LogP contribution in [0.15, 0.2) is 24.5 Å². The summed E-state index contributed by atoms with van der Waals surface area (Å²) in [7, 11) is 1.52. The van der Waals surface area contributed by atoms with Crippen molar-refractivity contribution < 1.29 is 14.3 Å². The van der Waals surface area contributed by atoms with Crippen LogP contribution in [0.2, 0.25) is 0 Å². The summed E-state index contributed by atoms with van der Waals surface area (Å²) in [6.07, 6.45) is 1.39. The number of anilines is 2. The van der Waals surface area contributed by atoms with Gasteiger partial charge in [-0.15, -0.1) is 0 Å². The van der Waals surface area contributed by atoms with Gasteiger partial charge < -0.3 is 14.8 Å². The van der Waals surface area contributed by atoms with Crippen molar-refractivity contribution in [2.24, 2.45) is 0 Å². The lowest BCUT2D eigenvalue weighted by Gasteiger charge is -2.36. The standard InChI is InChI=1S/C14H17N3O3S2/c1-8(2)20-14(18)17-10(7-22-4)13(21)15-9-5-6-11(19-3)16-12(9)17/h5-6,10H,1,7H2,2-4H3,(H,15,21). The first kappa shape index (κ1) is 16.6. The lowest BCUT2D eigenvalue weighted by atomic mass is 10.2. The number of methoxy groups -OCH3 is 1. The number of pyridine rings is 1. The smallest absolute Gasteiger partial charge is 0.421 e. The number of rotatable bonds is 4. The van der Waals surface area contributed by atoms with Crippen LogP contribution in [-0.4, -0.2) is 41.2 Å². The number of amides is 1. The molecule has 1 amide bonds. The van der Waals surface area contributed by atoms with Crippen molar-refractivity contribution >= 4 is 46.6 Å². The molecule has 1 atom stereocenters. The lowest BCUT2D eigenvalue weighted by molar-refractivity contribution is 0.183. The Balaban J connectivity index is 2.49. The number of carbonyl (C=O) groups excluding carboxylic acids is 1. The normalized spacial score (nSPS) is 16.6. The molecule has 1 aromatic rings. The first-order valence-corrected chi connectivity index (χ1v) is 8.29. The molecule has 0 spiro atoms. The summed E-state index contributed by atoms with van der Waals surface area (Å²) >= 11 is 6.96. The number of ether oxygens (including phenoxy) is 2. The quantitative estimate of drug-likeness (QED) is 0.668. The molecule has 0 saturated heterocycles. The van der Waals surface area contributed by atoms with E-state index in [4.69, 9.17) is 21.7 Å². The zero-order valence-electron chi connectivity index (χ0n) is 12.6. The van der Waals surface area contributed by atoms with Crippen LogP contribution in [0.1, 0.15) is 6.92 Å². The fourth-order valence-corrected chi connectivity index (χ4v) is 3.06. The predicted octanol–water partition coefficient (Wildman–Crippen LogP) is 3.05. The summed E-state index contributed by atoms with van der Waals surface area (Å²) in [5.74, 6) is 1.76. The van der Waals surface area contributed by atoms with Crippen molar-refractivity contribution in [3.63, 3.8) is 0 Å². The fraction of sp³-hybridized carbons (Fsp3) is 0.357. The number of thioether (sulfide) groups is 1. The highest BCUT2D eigenvalue weighted by molar-refractivity contribution is 7.98. The molecule has 6 nitrogen and oxygen atoms in total. The van der Waals surface area contributed by atoms with E-state index in [9.17, 15) is 4.79 Å². The molecular weight excluding hydrogens is 322 g/mol. The van der Waals surface area contributed by atoms with Crippen LogP contribution in [0.3, 0.4) is 0 Å². The van der Waals surface area contributed by atoms with Gasteiger partial charge in [0.1, 0.15) is 11.0 Å². The number of fused-ring (bicyclic) bond motifs is 1. The molecule has 1 aliphatic heterocycles. The Bertz CT molecular complexity index is 621. The van der Waals surface area contributed by atoms with E-state index in [0.717, 1.165) is 0 Å². The van der Waals surface area contributed by atoms with Gasteiger partial charge in [0.25, 0.3) is 0 Å². The Labute approximate surface area is 138 Å². The highest BCUT2D eigenvalue weighted by Gasteiger charge is 2.37. The Morgan fingerprint density at radius 1 is 1.59 bits per heavy atom. The Morgan fingerprint density at radius 3 is 2.91 bits per heavy atom. The van der Waals surface area contributed by atoms with Crippen molar-refractivity contribution in [3.05, 3.63) is 24.5 Å². The summed E-state index contributed by atoms with van der Waals surface area (Å²) in [6, 6.07) is 3.12. The number of thiocarbonyl (C=S) groups is 1. The number of nitrogens with zero attached hydrogens (tertiary/aromatic N) is 2. The molecular formula is C14H17N3O3S2. The van der Waals surface area contributed by atoms with Crippen molar-refractivity contribution in [3.8, 4) is 5.88 Å². The van der Waals surface area contributed by atoms with Gasteiger partial charge in [-0.05, 0) is 19.2 Å². The predicted molar refractivity (Wildman–Crippen MR) is 93.0 cm³/mol. The summed E-state index contributed by atoms with van der Waals surface area (Å²) in [5.41, 5.74) is 0.641. The van der Waals surface area contributed by atoms with Gasteiger partial charge in [0.05, 0.1) is 18.6 Å². The lowest BCUT2D eigenvalue weighted by Crippen LogP contribution is -2.52. The maximum atomic E-state index is 12.5. The van der Waals surface area contributed by atoms with Crippen molar-refractivity contribution in [1.29, 1.82) is 0 Å². The van der Waals surface area contributed by atoms with Crippen LogP contribution in [-0.2, 0) is 4.74 Å². The topological polar surface area (TPSA) is 63.7 Å². The van der Waals surface area contributed by atoms with E-state index >= 15 is 0 Å². The summed E-state index contributed by atoms with van der Waals surface area (Å²) in [4.78, 5) is 18.8. The van der Waals surface area contributed by atoms with Gasteiger partial charge in [-0.2, -0.15) is 16.7 Å². The third kappa shape index (κ3) is 3.33. The highest BCUT2D eigenvalue weighted by Crippen LogP contribution is 2.34. The van der Waals surface area contributed by atoms with Crippen LogP contribution < -0.4 is 15.0 Å². The van der Waals surface area contributed by atoms with Gasteiger partial charge in [0.15, 0.2) is 5.82 Å². The van der Waals surface area contributed by atoms with Crippen LogP contribution in [0.25, 0.3) is 0 Å². The molecule has 0 aromatic carbocycles. The number of hydrogen-bond acceptors (Lipinski definition) is 6. The molecule has 0 saturated carbocycles. The zero-order valence-corrected chi connectivity index (χ0v) is 14.2. The first-order chi connectivity index (χ1) is 10.5. The summed E-state index contributed by atoms with van der Waals surface area (Å²) in [5, 5.41) is 3.11. The summed E-state index contributed by atoms with van der Waals surface area (Å²) < 4.78 is 10.3. The third-order valence-corrected chi connectivity index (χ3v) is 3.97. The molecule has 22 heavy (non-hydrogen) atoms. The maximum Gasteiger partial charge on any atom is 0.421 e. The van der Waals surface area contributed by atoms with Gasteiger partial charge in [0.2, 0.25) is 5.88 Å². The van der Waals surface area contributed by atoms with E-state index in [1.165, 1.54) is 12.0 Å². The van der Waals surface area contributed by atoms with E-state index in [1.54, 1.807) is 30.8 Å². The van der Waals surface area contributed by atoms with Gasteiger partial charge in [0, 0.05) is 11.8 Å². The SMILES string of the molecule is C=C(C)OC(=O)N1c2nc(OC)ccc2NC(=S)C1CSC. The molecule has 1 aromatic heterocycles. The monoisotopic (exact) mass is 339 g/mol. The Hall–Kier alpha value is -1.80. The molecule has 1 unspecified atom stereocenters. The number of carbonyl (C=O) groups is 1. The maximum absolute atomic E-state index is 12.5. The Morgan fingerprint density at radius 2 is 2.32 bits per heavy atom. The van der Waals surface area contributed by atoms with Gasteiger partial charge >= 0.3 is 6.09 Å². The minimum atomic E-state index is -0.558. The number of hydrogen-bond donors (Lipinski definition) is 1. The van der Waals surface area contributed by atoms with Crippen molar-refractivity contribution in [2.45, 2.75) is 13.0 Å². The van der Waals surface area contributed by atoms with Gasteiger partial charge in [-0.25, -0.2) is 9.69 Å². The minimum absolute atomic E-state index is 0.307. The van der Waals surface area contributed by atoms with Gasteiger partial charge in [-0.1, -0.05) is 18.8 Å². The second-order valence-electron chi connectivity index (χ2n) is 4.63. The average molecular weight is 339 g/mol. The van der Waals surface area contributed by atoms with Crippen LogP contribution in [0, 0.1) is 0 Å². The van der Waals surface area contributed by atoms with Crippen LogP contribution >= 0.6 is 24.0 Å². The van der Waals surface area contributed by atoms with Crippen molar-refractivity contribution in [1.82, 2.24) is 4.98 Å². The van der Waals surface area contributed by atoms with Gasteiger partial charge in [-0.3, -0.25) is 0 Å². The molecule has 2 rings (SSSR count). The van der Waals surface area contributed by atoms with E-state index in [-0.39, 0.29) is 6.04 Å². The molecule has 1 N–H and O–H groups in total. The molecule has 0 fully saturated rings. The zero-order chi connectivity index (χ0) is 16.3. The number of aromatic nitrogens is 1. The summed E-state index contributed by atoms with van der Waals surface area (Å²) in [6.45, 7) is 5.21. The molecule has 2 heterocycles. The van der Waals surface area contributed by atoms with Crippen LogP contribution in [0.4, 0.5) is 16.3 Å². The van der Waals surface area contributed by atoms with E-state index in [0.29, 0.717) is 33.9 Å². The number of allylic oxidation sites excluding steroid dienone is 1. The van der Waals surface area contributed by atoms with E-state index in [2.05, 4.69) is 16.9 Å². The molecule has 0 radical (unpaired) electrons. The molecule has 0 bridgehead atoms. The van der Waals surface area contributed by atoms with Crippen LogP contribution in [0.5, 0.6) is 5.88 Å². The minimum Gasteiger partial charge on any atom is -0.481 e.